The Labute approximate surface area is 173 Å². The van der Waals surface area contributed by atoms with Gasteiger partial charge in [0.05, 0.1) is 25.4 Å². The summed E-state index contributed by atoms with van der Waals surface area (Å²) in [5, 5.41) is 30.9. The van der Waals surface area contributed by atoms with Crippen molar-refractivity contribution in [2.24, 2.45) is 11.8 Å². The van der Waals surface area contributed by atoms with Gasteiger partial charge in [-0.2, -0.15) is 0 Å². The fraction of sp³-hybridized carbons (Fsp3) is 0.542. The third-order valence-electron chi connectivity index (χ3n) is 5.60. The molecular formula is C24H34O5. The molecule has 1 aliphatic rings. The maximum Gasteiger partial charge on any atom is 0.305 e. The summed E-state index contributed by atoms with van der Waals surface area (Å²) in [6.45, 7) is 0. The van der Waals surface area contributed by atoms with E-state index in [2.05, 4.69) is 4.74 Å². The minimum Gasteiger partial charge on any atom is -0.469 e. The molecule has 0 amide bonds. The van der Waals surface area contributed by atoms with Crippen molar-refractivity contribution in [3.8, 4) is 0 Å². The zero-order chi connectivity index (χ0) is 21.1. The smallest absolute Gasteiger partial charge is 0.305 e. The first kappa shape index (κ1) is 23.3. The van der Waals surface area contributed by atoms with Crippen LogP contribution in [0.3, 0.4) is 0 Å². The number of ether oxygens (including phenoxy) is 1. The molecule has 1 fully saturated rings. The summed E-state index contributed by atoms with van der Waals surface area (Å²) in [6, 6.07) is 10.0. The summed E-state index contributed by atoms with van der Waals surface area (Å²) in [4.78, 5) is 11.1. The van der Waals surface area contributed by atoms with Crippen LogP contribution < -0.4 is 0 Å². The zero-order valence-electron chi connectivity index (χ0n) is 17.2. The van der Waals surface area contributed by atoms with Crippen LogP contribution in [0.1, 0.15) is 44.1 Å². The minimum atomic E-state index is -0.597. The third kappa shape index (κ3) is 8.13. The number of methoxy groups -OCH3 is 1. The second-order valence-corrected chi connectivity index (χ2v) is 7.76. The molecule has 5 nitrogen and oxygen atoms in total. The number of aliphatic hydroxyl groups is 3. The highest BCUT2D eigenvalue weighted by Crippen LogP contribution is 2.36. The van der Waals surface area contributed by atoms with Gasteiger partial charge in [0.2, 0.25) is 0 Å². The molecule has 5 atom stereocenters. The van der Waals surface area contributed by atoms with Gasteiger partial charge in [-0.1, -0.05) is 54.6 Å². The molecule has 0 bridgehead atoms. The van der Waals surface area contributed by atoms with Gasteiger partial charge in [-0.25, -0.2) is 0 Å². The molecule has 3 N–H and O–H groups in total. The Morgan fingerprint density at radius 3 is 2.69 bits per heavy atom. The van der Waals surface area contributed by atoms with Gasteiger partial charge in [0.1, 0.15) is 0 Å². The van der Waals surface area contributed by atoms with E-state index in [1.165, 1.54) is 12.7 Å². The van der Waals surface area contributed by atoms with Crippen LogP contribution in [-0.2, 0) is 16.0 Å². The Morgan fingerprint density at radius 1 is 1.21 bits per heavy atom. The molecule has 1 aromatic carbocycles. The predicted octanol–water partition coefficient (Wildman–Crippen LogP) is 3.18. The lowest BCUT2D eigenvalue weighted by Crippen LogP contribution is -2.20. The number of aliphatic hydroxyl groups excluding tert-OH is 3. The van der Waals surface area contributed by atoms with Crippen molar-refractivity contribution in [1.82, 2.24) is 0 Å². The monoisotopic (exact) mass is 402 g/mol. The lowest BCUT2D eigenvalue weighted by molar-refractivity contribution is -0.140. The fourth-order valence-corrected chi connectivity index (χ4v) is 3.86. The van der Waals surface area contributed by atoms with Crippen LogP contribution in [0.4, 0.5) is 0 Å². The highest BCUT2D eigenvalue weighted by atomic mass is 16.5. The van der Waals surface area contributed by atoms with Crippen molar-refractivity contribution in [3.05, 3.63) is 60.2 Å². The van der Waals surface area contributed by atoms with Gasteiger partial charge in [0, 0.05) is 18.8 Å². The van der Waals surface area contributed by atoms with E-state index in [1.807, 2.05) is 48.6 Å². The molecule has 0 spiro atoms. The lowest BCUT2D eigenvalue weighted by atomic mass is 9.89. The Bertz CT molecular complexity index is 654. The quantitative estimate of drug-likeness (QED) is 0.301. The topological polar surface area (TPSA) is 87.0 Å². The summed E-state index contributed by atoms with van der Waals surface area (Å²) in [5.74, 6) is -0.445. The van der Waals surface area contributed by atoms with Crippen molar-refractivity contribution in [1.29, 1.82) is 0 Å². The maximum absolute atomic E-state index is 11.1. The van der Waals surface area contributed by atoms with Gasteiger partial charge >= 0.3 is 5.97 Å². The van der Waals surface area contributed by atoms with Crippen LogP contribution in [0.5, 0.6) is 0 Å². The Morgan fingerprint density at radius 2 is 1.97 bits per heavy atom. The van der Waals surface area contributed by atoms with Gasteiger partial charge in [0.25, 0.3) is 0 Å². The number of carbonyl (C=O) groups is 1. The highest BCUT2D eigenvalue weighted by molar-refractivity contribution is 5.69. The van der Waals surface area contributed by atoms with Crippen LogP contribution in [0.25, 0.3) is 0 Å². The van der Waals surface area contributed by atoms with Crippen molar-refractivity contribution in [2.45, 2.75) is 63.3 Å². The number of carbonyl (C=O) groups excluding carboxylic acids is 1. The van der Waals surface area contributed by atoms with Crippen molar-refractivity contribution in [3.63, 3.8) is 0 Å². The molecule has 0 radical (unpaired) electrons. The molecule has 0 heterocycles. The number of benzene rings is 1. The summed E-state index contributed by atoms with van der Waals surface area (Å²) < 4.78 is 4.61. The fourth-order valence-electron chi connectivity index (χ4n) is 3.86. The van der Waals surface area contributed by atoms with E-state index in [9.17, 15) is 20.1 Å². The molecule has 0 aliphatic heterocycles. The molecule has 1 saturated carbocycles. The maximum atomic E-state index is 11.1. The van der Waals surface area contributed by atoms with Gasteiger partial charge < -0.3 is 20.1 Å². The van der Waals surface area contributed by atoms with Crippen LogP contribution in [0.15, 0.2) is 54.6 Å². The SMILES string of the molecule is COC(=O)CCCC=CC[C@@H]1[C@@H](/C=C/[C@@H](O)CCc2ccccc2)[C@H](O)C[C@@H]1O. The van der Waals surface area contributed by atoms with E-state index >= 15 is 0 Å². The molecule has 0 saturated heterocycles. The molecule has 1 aromatic rings. The Kier molecular flexibility index (Phi) is 10.1. The van der Waals surface area contributed by atoms with E-state index < -0.39 is 18.3 Å². The highest BCUT2D eigenvalue weighted by Gasteiger charge is 2.39. The number of rotatable bonds is 11. The largest absolute Gasteiger partial charge is 0.469 e. The lowest BCUT2D eigenvalue weighted by Gasteiger charge is -2.19. The molecular weight excluding hydrogens is 368 g/mol. The van der Waals surface area contributed by atoms with Gasteiger partial charge in [0.15, 0.2) is 0 Å². The molecule has 29 heavy (non-hydrogen) atoms. The average Bonchev–Trinajstić information content (AvgIpc) is 3.00. The van der Waals surface area contributed by atoms with Crippen LogP contribution in [0.2, 0.25) is 0 Å². The molecule has 0 aromatic heterocycles. The average molecular weight is 403 g/mol. The van der Waals surface area contributed by atoms with Gasteiger partial charge in [-0.15, -0.1) is 0 Å². The molecule has 0 unspecified atom stereocenters. The third-order valence-corrected chi connectivity index (χ3v) is 5.60. The molecule has 160 valence electrons. The van der Waals surface area contributed by atoms with E-state index in [-0.39, 0.29) is 17.8 Å². The zero-order valence-corrected chi connectivity index (χ0v) is 17.2. The van der Waals surface area contributed by atoms with Crippen molar-refractivity contribution >= 4 is 5.97 Å². The van der Waals surface area contributed by atoms with Crippen molar-refractivity contribution < 1.29 is 24.9 Å². The first-order valence-corrected chi connectivity index (χ1v) is 10.5. The number of hydrogen-bond donors (Lipinski definition) is 3. The predicted molar refractivity (Wildman–Crippen MR) is 113 cm³/mol. The Hall–Kier alpha value is -1.95. The standard InChI is InChI=1S/C24H34O5/c1-29-24(28)12-8-3-2-7-11-20-21(23(27)17-22(20)26)16-15-19(25)14-13-18-9-5-4-6-10-18/h2,4-7,9-10,15-16,19-23,25-27H,3,8,11-14,17H2,1H3/b7-2?,16-15+/t19-,20+,21+,22-,23+/m0/s1. The summed E-state index contributed by atoms with van der Waals surface area (Å²) in [6.07, 6.45) is 10.3. The van der Waals surface area contributed by atoms with Crippen molar-refractivity contribution in [2.75, 3.05) is 7.11 Å². The summed E-state index contributed by atoms with van der Waals surface area (Å²) >= 11 is 0. The van der Waals surface area contributed by atoms with Crippen LogP contribution in [0, 0.1) is 11.8 Å². The molecule has 5 heteroatoms. The first-order chi connectivity index (χ1) is 14.0. The van der Waals surface area contributed by atoms with E-state index in [0.29, 0.717) is 25.7 Å². The molecule has 1 aliphatic carbocycles. The number of aryl methyl sites for hydroxylation is 1. The number of allylic oxidation sites excluding steroid dienone is 2. The van der Waals surface area contributed by atoms with Gasteiger partial charge in [-0.3, -0.25) is 4.79 Å². The number of hydrogen-bond acceptors (Lipinski definition) is 5. The van der Waals surface area contributed by atoms with Gasteiger partial charge in [-0.05, 0) is 43.6 Å². The second kappa shape index (κ2) is 12.6. The second-order valence-electron chi connectivity index (χ2n) is 7.76. The number of unbranched alkanes of at least 4 members (excludes halogenated alkanes) is 1. The summed E-state index contributed by atoms with van der Waals surface area (Å²) in [7, 11) is 1.39. The van der Waals surface area contributed by atoms with E-state index in [0.717, 1.165) is 19.3 Å². The van der Waals surface area contributed by atoms with E-state index in [1.54, 1.807) is 6.08 Å². The first-order valence-electron chi connectivity index (χ1n) is 10.5. The number of esters is 1. The normalized spacial score (nSPS) is 25.7. The van der Waals surface area contributed by atoms with Crippen LogP contribution >= 0.6 is 0 Å². The van der Waals surface area contributed by atoms with Crippen LogP contribution in [-0.4, -0.2) is 46.7 Å². The van der Waals surface area contributed by atoms with E-state index in [4.69, 9.17) is 0 Å². The molecule has 2 rings (SSSR count). The minimum absolute atomic E-state index is 0.0700. The Balaban J connectivity index is 1.80. The summed E-state index contributed by atoms with van der Waals surface area (Å²) in [5.41, 5.74) is 1.19.